The molecule has 0 aromatic heterocycles. The summed E-state index contributed by atoms with van der Waals surface area (Å²) in [6.45, 7) is 4.38. The van der Waals surface area contributed by atoms with Crippen LogP contribution in [0.5, 0.6) is 11.5 Å². The van der Waals surface area contributed by atoms with Gasteiger partial charge in [0.15, 0.2) is 17.3 Å². The standard InChI is InChI=1S/C27H34FN3O4/c1-5-7-8-9-23(32)29-20-12-10-18(11-13-20)17-31-24(33)16-19(6-2)25(30-31)21-14-15-22(28)27(35-4)26(21)34-3/h10-15,19H,5-9,16-17H2,1-4H3,(H,29,32). The summed E-state index contributed by atoms with van der Waals surface area (Å²) >= 11 is 0. The minimum Gasteiger partial charge on any atom is -0.492 e. The number of methoxy groups -OCH3 is 2. The number of hydrazone groups is 1. The fraction of sp³-hybridized carbons (Fsp3) is 0.444. The number of hydrogen-bond acceptors (Lipinski definition) is 5. The maximum Gasteiger partial charge on any atom is 0.243 e. The molecule has 188 valence electrons. The molecule has 2 aromatic rings. The zero-order valence-electron chi connectivity index (χ0n) is 20.9. The molecule has 1 heterocycles. The van der Waals surface area contributed by atoms with Crippen LogP contribution in [0, 0.1) is 11.7 Å². The fourth-order valence-electron chi connectivity index (χ4n) is 4.17. The number of nitrogens with zero attached hydrogens (tertiary/aromatic N) is 2. The lowest BCUT2D eigenvalue weighted by Crippen LogP contribution is -2.37. The van der Waals surface area contributed by atoms with Gasteiger partial charge in [0.25, 0.3) is 0 Å². The molecular formula is C27H34FN3O4. The van der Waals surface area contributed by atoms with E-state index in [9.17, 15) is 14.0 Å². The normalized spacial score (nSPS) is 15.6. The summed E-state index contributed by atoms with van der Waals surface area (Å²) in [5.41, 5.74) is 2.87. The molecule has 0 bridgehead atoms. The number of amides is 2. The molecule has 1 aliphatic heterocycles. The van der Waals surface area contributed by atoms with Gasteiger partial charge in [0.05, 0.1) is 26.5 Å². The van der Waals surface area contributed by atoms with Crippen LogP contribution in [0.1, 0.15) is 63.5 Å². The molecule has 0 aliphatic carbocycles. The molecular weight excluding hydrogens is 449 g/mol. The smallest absolute Gasteiger partial charge is 0.243 e. The van der Waals surface area contributed by atoms with Crippen LogP contribution in [0.25, 0.3) is 0 Å². The summed E-state index contributed by atoms with van der Waals surface area (Å²) in [5.74, 6) is -0.449. The van der Waals surface area contributed by atoms with Crippen molar-refractivity contribution in [1.29, 1.82) is 0 Å². The molecule has 2 amide bonds. The molecule has 0 fully saturated rings. The Hall–Kier alpha value is -3.42. The highest BCUT2D eigenvalue weighted by atomic mass is 19.1. The molecule has 1 unspecified atom stereocenters. The second-order valence-electron chi connectivity index (χ2n) is 8.61. The van der Waals surface area contributed by atoms with Gasteiger partial charge in [-0.1, -0.05) is 38.8 Å². The van der Waals surface area contributed by atoms with Crippen LogP contribution in [0.3, 0.4) is 0 Å². The molecule has 2 aromatic carbocycles. The number of rotatable bonds is 11. The highest BCUT2D eigenvalue weighted by molar-refractivity contribution is 6.08. The third-order valence-electron chi connectivity index (χ3n) is 6.14. The number of anilines is 1. The van der Waals surface area contributed by atoms with Gasteiger partial charge in [-0.2, -0.15) is 5.10 Å². The Morgan fingerprint density at radius 2 is 1.80 bits per heavy atom. The first kappa shape index (κ1) is 26.2. The van der Waals surface area contributed by atoms with Crippen LogP contribution < -0.4 is 14.8 Å². The summed E-state index contributed by atoms with van der Waals surface area (Å²) < 4.78 is 24.9. The van der Waals surface area contributed by atoms with Crippen molar-refractivity contribution >= 4 is 23.2 Å². The number of halogens is 1. The largest absolute Gasteiger partial charge is 0.492 e. The Labute approximate surface area is 206 Å². The van der Waals surface area contributed by atoms with E-state index in [2.05, 4.69) is 17.3 Å². The lowest BCUT2D eigenvalue weighted by atomic mass is 9.89. The van der Waals surface area contributed by atoms with Gasteiger partial charge in [-0.3, -0.25) is 9.59 Å². The second-order valence-corrected chi connectivity index (χ2v) is 8.61. The van der Waals surface area contributed by atoms with Gasteiger partial charge in [0.1, 0.15) is 0 Å². The number of nitrogens with one attached hydrogen (secondary N) is 1. The van der Waals surface area contributed by atoms with Gasteiger partial charge in [-0.15, -0.1) is 0 Å². The number of hydrogen-bond donors (Lipinski definition) is 1. The highest BCUT2D eigenvalue weighted by Gasteiger charge is 2.32. The molecule has 3 rings (SSSR count). The summed E-state index contributed by atoms with van der Waals surface area (Å²) in [5, 5.41) is 9.03. The van der Waals surface area contributed by atoms with Crippen molar-refractivity contribution in [3.63, 3.8) is 0 Å². The van der Waals surface area contributed by atoms with Crippen LogP contribution in [-0.4, -0.2) is 36.8 Å². The zero-order valence-corrected chi connectivity index (χ0v) is 20.9. The second kappa shape index (κ2) is 12.3. The average Bonchev–Trinajstić information content (AvgIpc) is 2.86. The van der Waals surface area contributed by atoms with E-state index in [0.717, 1.165) is 30.5 Å². The van der Waals surface area contributed by atoms with Crippen molar-refractivity contribution in [2.24, 2.45) is 11.0 Å². The lowest BCUT2D eigenvalue weighted by molar-refractivity contribution is -0.133. The minimum absolute atomic E-state index is 0.000862. The summed E-state index contributed by atoms with van der Waals surface area (Å²) in [7, 11) is 2.84. The SMILES string of the molecule is CCCCCC(=O)Nc1ccc(CN2N=C(c3ccc(F)c(OC)c3OC)C(CC)CC2=O)cc1. The first-order valence-electron chi connectivity index (χ1n) is 12.1. The molecule has 1 N–H and O–H groups in total. The Kier molecular flexibility index (Phi) is 9.23. The van der Waals surface area contributed by atoms with Crippen LogP contribution in [-0.2, 0) is 16.1 Å². The third kappa shape index (κ3) is 6.38. The Bertz CT molecular complexity index is 1070. The number of ether oxygens (including phenoxy) is 2. The lowest BCUT2D eigenvalue weighted by Gasteiger charge is -2.30. The molecule has 1 aliphatic rings. The predicted octanol–water partition coefficient (Wildman–Crippen LogP) is 5.52. The first-order chi connectivity index (χ1) is 16.9. The van der Waals surface area contributed by atoms with E-state index in [1.165, 1.54) is 25.3 Å². The van der Waals surface area contributed by atoms with Crippen molar-refractivity contribution in [1.82, 2.24) is 5.01 Å². The van der Waals surface area contributed by atoms with Crippen LogP contribution in [0.4, 0.5) is 10.1 Å². The van der Waals surface area contributed by atoms with Crippen LogP contribution in [0.15, 0.2) is 41.5 Å². The quantitative estimate of drug-likeness (QED) is 0.427. The van der Waals surface area contributed by atoms with Crippen molar-refractivity contribution in [2.75, 3.05) is 19.5 Å². The fourth-order valence-corrected chi connectivity index (χ4v) is 4.17. The summed E-state index contributed by atoms with van der Waals surface area (Å²) in [6.07, 6.45) is 4.49. The average molecular weight is 484 g/mol. The zero-order chi connectivity index (χ0) is 25.4. The minimum atomic E-state index is -0.525. The molecule has 35 heavy (non-hydrogen) atoms. The molecule has 0 saturated heterocycles. The Balaban J connectivity index is 1.81. The van der Waals surface area contributed by atoms with Gasteiger partial charge in [-0.25, -0.2) is 9.40 Å². The highest BCUT2D eigenvalue weighted by Crippen LogP contribution is 2.37. The molecule has 7 nitrogen and oxygen atoms in total. The number of benzene rings is 2. The Morgan fingerprint density at radius 3 is 2.43 bits per heavy atom. The van der Waals surface area contributed by atoms with Crippen LogP contribution in [0.2, 0.25) is 0 Å². The first-order valence-corrected chi connectivity index (χ1v) is 12.1. The van der Waals surface area contributed by atoms with Gasteiger partial charge < -0.3 is 14.8 Å². The topological polar surface area (TPSA) is 80.2 Å². The van der Waals surface area contributed by atoms with E-state index in [-0.39, 0.29) is 35.8 Å². The van der Waals surface area contributed by atoms with Crippen molar-refractivity contribution in [3.8, 4) is 11.5 Å². The van der Waals surface area contributed by atoms with Crippen molar-refractivity contribution in [2.45, 2.75) is 58.9 Å². The van der Waals surface area contributed by atoms with E-state index < -0.39 is 5.82 Å². The van der Waals surface area contributed by atoms with Gasteiger partial charge >= 0.3 is 0 Å². The monoisotopic (exact) mass is 483 g/mol. The molecule has 0 spiro atoms. The van der Waals surface area contributed by atoms with E-state index in [0.29, 0.717) is 30.5 Å². The molecule has 1 atom stereocenters. The maximum absolute atomic E-state index is 14.2. The number of carbonyl (C=O) groups excluding carboxylic acids is 2. The third-order valence-corrected chi connectivity index (χ3v) is 6.14. The van der Waals surface area contributed by atoms with E-state index in [4.69, 9.17) is 9.47 Å². The van der Waals surface area contributed by atoms with E-state index >= 15 is 0 Å². The van der Waals surface area contributed by atoms with Crippen molar-refractivity contribution < 1.29 is 23.5 Å². The number of carbonyl (C=O) groups is 2. The van der Waals surface area contributed by atoms with Gasteiger partial charge in [0.2, 0.25) is 11.8 Å². The Morgan fingerprint density at radius 1 is 1.09 bits per heavy atom. The van der Waals surface area contributed by atoms with Crippen molar-refractivity contribution in [3.05, 3.63) is 53.3 Å². The predicted molar refractivity (Wildman–Crippen MR) is 134 cm³/mol. The molecule has 0 saturated carbocycles. The molecule has 0 radical (unpaired) electrons. The maximum atomic E-state index is 14.2. The summed E-state index contributed by atoms with van der Waals surface area (Å²) in [4.78, 5) is 24.9. The number of unbranched alkanes of at least 4 members (excludes halogenated alkanes) is 2. The van der Waals surface area contributed by atoms with Crippen LogP contribution >= 0.6 is 0 Å². The van der Waals surface area contributed by atoms with E-state index in [1.54, 1.807) is 6.07 Å². The van der Waals surface area contributed by atoms with E-state index in [1.807, 2.05) is 31.2 Å². The molecule has 8 heteroatoms. The summed E-state index contributed by atoms with van der Waals surface area (Å²) in [6, 6.07) is 10.3. The van der Waals surface area contributed by atoms with Gasteiger partial charge in [0, 0.05) is 30.0 Å². The van der Waals surface area contributed by atoms with Gasteiger partial charge in [-0.05, 0) is 42.7 Å².